The maximum atomic E-state index is 12.5. The molecule has 1 heterocycles. The van der Waals surface area contributed by atoms with Gasteiger partial charge in [0.2, 0.25) is 5.91 Å². The molecule has 1 amide bonds. The summed E-state index contributed by atoms with van der Waals surface area (Å²) in [4.78, 5) is 24.7. The molecule has 1 aromatic carbocycles. The molecule has 1 aromatic rings. The van der Waals surface area contributed by atoms with Crippen molar-refractivity contribution in [3.05, 3.63) is 38.3 Å². The van der Waals surface area contributed by atoms with E-state index in [1.54, 1.807) is 6.07 Å². The normalized spacial score (nSPS) is 20.7. The Bertz CT molecular complexity index is 585. The Morgan fingerprint density at radius 2 is 2.22 bits per heavy atom. The van der Waals surface area contributed by atoms with E-state index >= 15 is 0 Å². The van der Waals surface area contributed by atoms with E-state index in [1.165, 1.54) is 12.1 Å². The van der Waals surface area contributed by atoms with Gasteiger partial charge < -0.3 is 10.6 Å². The molecular weight excluding hydrogens is 386 g/mol. The van der Waals surface area contributed by atoms with E-state index in [0.717, 1.165) is 24.9 Å². The lowest BCUT2D eigenvalue weighted by Gasteiger charge is -2.38. The first-order valence-electron chi connectivity index (χ1n) is 7.34. The molecule has 1 saturated heterocycles. The highest BCUT2D eigenvalue weighted by molar-refractivity contribution is 9.10. The number of nitrogens with two attached hydrogens (primary N) is 1. The molecule has 6 nitrogen and oxygen atoms in total. The summed E-state index contributed by atoms with van der Waals surface area (Å²) in [5.74, 6) is 0.612. The number of carbonyl (C=O) groups is 1. The highest BCUT2D eigenvalue weighted by Crippen LogP contribution is 2.26. The lowest BCUT2D eigenvalue weighted by molar-refractivity contribution is -0.384. The van der Waals surface area contributed by atoms with Crippen LogP contribution in [0.25, 0.3) is 0 Å². The molecule has 2 rings (SSSR count). The van der Waals surface area contributed by atoms with Crippen LogP contribution in [0.5, 0.6) is 0 Å². The minimum atomic E-state index is -0.452. The van der Waals surface area contributed by atoms with Crippen LogP contribution in [-0.2, 0) is 11.2 Å². The number of rotatable bonds is 4. The first kappa shape index (κ1) is 19.9. The van der Waals surface area contributed by atoms with E-state index in [-0.39, 0.29) is 36.5 Å². The zero-order valence-electron chi connectivity index (χ0n) is 12.9. The first-order valence-corrected chi connectivity index (χ1v) is 8.14. The van der Waals surface area contributed by atoms with Crippen LogP contribution in [-0.4, -0.2) is 34.9 Å². The van der Waals surface area contributed by atoms with Crippen LogP contribution in [0.15, 0.2) is 22.7 Å². The molecule has 0 aromatic heterocycles. The molecule has 0 saturated carbocycles. The van der Waals surface area contributed by atoms with Gasteiger partial charge in [-0.15, -0.1) is 12.4 Å². The molecule has 1 fully saturated rings. The number of piperidine rings is 1. The molecule has 0 radical (unpaired) electrons. The molecule has 1 aliphatic rings. The van der Waals surface area contributed by atoms with Crippen LogP contribution < -0.4 is 5.73 Å². The monoisotopic (exact) mass is 405 g/mol. The fourth-order valence-corrected chi connectivity index (χ4v) is 3.37. The average Bonchev–Trinajstić information content (AvgIpc) is 2.48. The Balaban J connectivity index is 0.00000264. The van der Waals surface area contributed by atoms with Crippen LogP contribution in [0, 0.1) is 16.0 Å². The number of hydrogen-bond acceptors (Lipinski definition) is 4. The average molecular weight is 407 g/mol. The van der Waals surface area contributed by atoms with Crippen molar-refractivity contribution >= 4 is 39.9 Å². The lowest BCUT2D eigenvalue weighted by Crippen LogP contribution is -2.49. The van der Waals surface area contributed by atoms with Crippen molar-refractivity contribution in [3.8, 4) is 0 Å². The molecular formula is C15H21BrClN3O3. The van der Waals surface area contributed by atoms with Crippen molar-refractivity contribution in [1.29, 1.82) is 0 Å². The summed E-state index contributed by atoms with van der Waals surface area (Å²) in [6, 6.07) is 4.57. The van der Waals surface area contributed by atoms with E-state index in [2.05, 4.69) is 22.9 Å². The minimum absolute atomic E-state index is 0. The van der Waals surface area contributed by atoms with Crippen molar-refractivity contribution in [2.24, 2.45) is 11.7 Å². The Morgan fingerprint density at radius 1 is 1.52 bits per heavy atom. The molecule has 0 spiro atoms. The first-order chi connectivity index (χ1) is 10.4. The summed E-state index contributed by atoms with van der Waals surface area (Å²) in [5, 5.41) is 10.7. The maximum Gasteiger partial charge on any atom is 0.270 e. The lowest BCUT2D eigenvalue weighted by atomic mass is 9.92. The number of nitrogens with zero attached hydrogens (tertiary/aromatic N) is 2. The second-order valence-electron chi connectivity index (χ2n) is 5.82. The van der Waals surface area contributed by atoms with Crippen molar-refractivity contribution in [1.82, 2.24) is 4.90 Å². The van der Waals surface area contributed by atoms with Gasteiger partial charge in [-0.3, -0.25) is 14.9 Å². The quantitative estimate of drug-likeness (QED) is 0.615. The molecule has 1 aliphatic heterocycles. The Labute approximate surface area is 150 Å². The van der Waals surface area contributed by atoms with Gasteiger partial charge in [0, 0.05) is 35.7 Å². The summed E-state index contributed by atoms with van der Waals surface area (Å²) >= 11 is 3.31. The van der Waals surface area contributed by atoms with Gasteiger partial charge in [0.15, 0.2) is 0 Å². The highest BCUT2D eigenvalue weighted by Gasteiger charge is 2.29. The van der Waals surface area contributed by atoms with Crippen molar-refractivity contribution < 1.29 is 9.72 Å². The Hall–Kier alpha value is -1.18. The van der Waals surface area contributed by atoms with E-state index in [9.17, 15) is 14.9 Å². The van der Waals surface area contributed by atoms with Gasteiger partial charge in [-0.25, -0.2) is 0 Å². The van der Waals surface area contributed by atoms with Gasteiger partial charge in [0.25, 0.3) is 5.69 Å². The number of hydrogen-bond donors (Lipinski definition) is 1. The van der Waals surface area contributed by atoms with Crippen LogP contribution in [0.3, 0.4) is 0 Å². The summed E-state index contributed by atoms with van der Waals surface area (Å²) in [5.41, 5.74) is 6.56. The van der Waals surface area contributed by atoms with Crippen LogP contribution in [0.2, 0.25) is 0 Å². The van der Waals surface area contributed by atoms with Gasteiger partial charge >= 0.3 is 0 Å². The van der Waals surface area contributed by atoms with Crippen LogP contribution in [0.4, 0.5) is 5.69 Å². The number of likely N-dealkylation sites (tertiary alicyclic amines) is 1. The number of carbonyl (C=O) groups excluding carboxylic acids is 1. The van der Waals surface area contributed by atoms with Crippen LogP contribution in [0.1, 0.15) is 25.3 Å². The molecule has 0 bridgehead atoms. The standard InChI is InChI=1S/C15H20BrN3O3.ClH/c1-10-4-5-18(13(6-10)9-17)15(20)7-11-2-3-12(19(21)22)8-14(11)16;/h2-3,8,10,13H,4-7,9,17H2,1H3;1H. The van der Waals surface area contributed by atoms with Gasteiger partial charge in [0.05, 0.1) is 11.3 Å². The number of non-ortho nitro benzene ring substituents is 1. The largest absolute Gasteiger partial charge is 0.338 e. The maximum absolute atomic E-state index is 12.5. The molecule has 0 aliphatic carbocycles. The number of amides is 1. The van der Waals surface area contributed by atoms with Gasteiger partial charge in [-0.2, -0.15) is 0 Å². The Morgan fingerprint density at radius 3 is 2.78 bits per heavy atom. The summed E-state index contributed by atoms with van der Waals surface area (Å²) in [7, 11) is 0. The third-order valence-corrected chi connectivity index (χ3v) is 4.90. The predicted octanol–water partition coefficient (Wildman–Crippen LogP) is 2.91. The second-order valence-corrected chi connectivity index (χ2v) is 6.67. The second kappa shape index (κ2) is 8.61. The summed E-state index contributed by atoms with van der Waals surface area (Å²) in [6.45, 7) is 3.38. The predicted molar refractivity (Wildman–Crippen MR) is 94.7 cm³/mol. The SMILES string of the molecule is CC1CCN(C(=O)Cc2ccc([N+](=O)[O-])cc2Br)C(CN)C1.Cl. The molecule has 23 heavy (non-hydrogen) atoms. The van der Waals surface area contributed by atoms with E-state index in [4.69, 9.17) is 5.73 Å². The smallest absolute Gasteiger partial charge is 0.270 e. The van der Waals surface area contributed by atoms with E-state index in [0.29, 0.717) is 16.9 Å². The van der Waals surface area contributed by atoms with Crippen molar-refractivity contribution in [2.75, 3.05) is 13.1 Å². The fraction of sp³-hybridized carbons (Fsp3) is 0.533. The number of nitro groups is 1. The van der Waals surface area contributed by atoms with Crippen molar-refractivity contribution in [2.45, 2.75) is 32.2 Å². The fourth-order valence-electron chi connectivity index (χ4n) is 2.86. The molecule has 2 N–H and O–H groups in total. The van der Waals surface area contributed by atoms with Crippen molar-refractivity contribution in [3.63, 3.8) is 0 Å². The number of halogens is 2. The Kier molecular flexibility index (Phi) is 7.44. The van der Waals surface area contributed by atoms with E-state index in [1.807, 2.05) is 4.90 Å². The molecule has 2 unspecified atom stereocenters. The zero-order valence-corrected chi connectivity index (χ0v) is 15.3. The minimum Gasteiger partial charge on any atom is -0.338 e. The van der Waals surface area contributed by atoms with Crippen LogP contribution >= 0.6 is 28.3 Å². The van der Waals surface area contributed by atoms with Gasteiger partial charge in [0.1, 0.15) is 0 Å². The summed E-state index contributed by atoms with van der Waals surface area (Å²) in [6.07, 6.45) is 2.15. The number of benzene rings is 1. The van der Waals surface area contributed by atoms with E-state index < -0.39 is 4.92 Å². The number of nitro benzene ring substituents is 1. The third-order valence-electron chi connectivity index (χ3n) is 4.16. The van der Waals surface area contributed by atoms with Gasteiger partial charge in [-0.1, -0.05) is 28.9 Å². The van der Waals surface area contributed by atoms with Gasteiger partial charge in [-0.05, 0) is 24.3 Å². The molecule has 2 atom stereocenters. The zero-order chi connectivity index (χ0) is 16.3. The molecule has 8 heteroatoms. The molecule has 128 valence electrons. The topological polar surface area (TPSA) is 89.5 Å². The third kappa shape index (κ3) is 4.89. The highest BCUT2D eigenvalue weighted by atomic mass is 79.9. The summed E-state index contributed by atoms with van der Waals surface area (Å²) < 4.78 is 0.588.